The van der Waals surface area contributed by atoms with Gasteiger partial charge >= 0.3 is 0 Å². The topological polar surface area (TPSA) is 75.6 Å². The minimum Gasteiger partial charge on any atom is -0.504 e. The number of aromatic hydroxyl groups is 1. The number of hydrogen-bond donors (Lipinski definition) is 1. The predicted molar refractivity (Wildman–Crippen MR) is 111 cm³/mol. The highest BCUT2D eigenvalue weighted by Crippen LogP contribution is 2.63. The second-order valence-electron chi connectivity index (χ2n) is 7.73. The summed E-state index contributed by atoms with van der Waals surface area (Å²) >= 11 is 0. The van der Waals surface area contributed by atoms with Crippen LogP contribution in [0.3, 0.4) is 0 Å². The summed E-state index contributed by atoms with van der Waals surface area (Å²) in [6.45, 7) is 4.34. The molecule has 0 spiro atoms. The molecule has 0 saturated carbocycles. The molecular formula is C23H28O7. The summed E-state index contributed by atoms with van der Waals surface area (Å²) < 4.78 is 34.9. The van der Waals surface area contributed by atoms with Crippen LogP contribution in [0.1, 0.15) is 37.2 Å². The van der Waals surface area contributed by atoms with Crippen LogP contribution in [0.4, 0.5) is 0 Å². The van der Waals surface area contributed by atoms with Crippen LogP contribution in [0.15, 0.2) is 12.1 Å². The first-order chi connectivity index (χ1) is 14.4. The van der Waals surface area contributed by atoms with Crippen LogP contribution >= 0.6 is 0 Å². The molecule has 2 aromatic carbocycles. The van der Waals surface area contributed by atoms with Crippen LogP contribution in [-0.2, 0) is 4.74 Å². The number of phenolic OH excluding ortho intramolecular Hbond substituents is 1. The van der Waals surface area contributed by atoms with Gasteiger partial charge < -0.3 is 33.5 Å². The molecule has 7 heteroatoms. The van der Waals surface area contributed by atoms with Crippen molar-refractivity contribution in [3.8, 4) is 45.6 Å². The first-order valence-corrected chi connectivity index (χ1v) is 9.89. The number of phenols is 1. The zero-order valence-corrected chi connectivity index (χ0v) is 18.4. The molecule has 0 amide bonds. The molecule has 0 radical (unpaired) electrons. The fourth-order valence-electron chi connectivity index (χ4n) is 4.85. The number of hydrogen-bond acceptors (Lipinski definition) is 7. The van der Waals surface area contributed by atoms with Gasteiger partial charge in [0, 0.05) is 11.1 Å². The van der Waals surface area contributed by atoms with E-state index in [1.54, 1.807) is 34.5 Å². The lowest BCUT2D eigenvalue weighted by Gasteiger charge is -2.28. The largest absolute Gasteiger partial charge is 0.504 e. The summed E-state index contributed by atoms with van der Waals surface area (Å²) in [6.07, 6.45) is -0.404. The third kappa shape index (κ3) is 2.61. The van der Waals surface area contributed by atoms with Crippen molar-refractivity contribution in [2.24, 2.45) is 11.8 Å². The molecule has 2 heterocycles. The Morgan fingerprint density at radius 3 is 1.60 bits per heavy atom. The van der Waals surface area contributed by atoms with Crippen molar-refractivity contribution in [2.75, 3.05) is 35.5 Å². The van der Waals surface area contributed by atoms with E-state index in [0.29, 0.717) is 23.0 Å². The zero-order chi connectivity index (χ0) is 21.7. The molecule has 0 aromatic heterocycles. The van der Waals surface area contributed by atoms with E-state index in [-0.39, 0.29) is 35.5 Å². The molecule has 1 saturated heterocycles. The summed E-state index contributed by atoms with van der Waals surface area (Å²) in [5.74, 6) is 2.72. The molecule has 0 aliphatic carbocycles. The summed E-state index contributed by atoms with van der Waals surface area (Å²) in [7, 11) is 7.82. The summed E-state index contributed by atoms with van der Waals surface area (Å²) in [6, 6.07) is 3.65. The van der Waals surface area contributed by atoms with Gasteiger partial charge in [-0.05, 0) is 35.1 Å². The van der Waals surface area contributed by atoms with Gasteiger partial charge in [0.15, 0.2) is 23.0 Å². The van der Waals surface area contributed by atoms with Crippen LogP contribution < -0.4 is 23.7 Å². The minimum absolute atomic E-state index is 0.00268. The molecule has 0 unspecified atom stereocenters. The Labute approximate surface area is 176 Å². The molecule has 30 heavy (non-hydrogen) atoms. The highest BCUT2D eigenvalue weighted by molar-refractivity contribution is 5.89. The van der Waals surface area contributed by atoms with Gasteiger partial charge in [0.1, 0.15) is 0 Å². The van der Waals surface area contributed by atoms with Crippen molar-refractivity contribution in [1.29, 1.82) is 0 Å². The number of ether oxygens (including phenoxy) is 6. The standard InChI is InChI=1S/C23H28O7/c1-10-11(2)19-13-9-15(25-3)21(27-5)23(29-7)17(13)16-12(18(10)30-19)8-14(24)20(26-4)22(16)28-6/h8-11,18-19,24H,1-7H3/t10-,11+,18-,19+/m0/s1. The lowest BCUT2D eigenvalue weighted by molar-refractivity contribution is 0.0312. The van der Waals surface area contributed by atoms with Gasteiger partial charge in [-0.15, -0.1) is 0 Å². The Morgan fingerprint density at radius 1 is 0.667 bits per heavy atom. The van der Waals surface area contributed by atoms with E-state index in [9.17, 15) is 5.11 Å². The Balaban J connectivity index is 2.20. The second kappa shape index (κ2) is 7.47. The number of benzene rings is 2. The molecule has 7 nitrogen and oxygen atoms in total. The molecular weight excluding hydrogens is 388 g/mol. The first-order valence-electron chi connectivity index (χ1n) is 9.89. The van der Waals surface area contributed by atoms with E-state index >= 15 is 0 Å². The summed E-state index contributed by atoms with van der Waals surface area (Å²) in [4.78, 5) is 0. The number of rotatable bonds is 5. The normalized spacial score (nSPS) is 23.8. The van der Waals surface area contributed by atoms with E-state index in [1.807, 2.05) is 6.07 Å². The van der Waals surface area contributed by atoms with Crippen LogP contribution in [0.2, 0.25) is 0 Å². The molecule has 2 aliphatic heterocycles. The summed E-state index contributed by atoms with van der Waals surface area (Å²) in [5.41, 5.74) is 3.32. The van der Waals surface area contributed by atoms with E-state index in [1.165, 1.54) is 7.11 Å². The number of fused-ring (bicyclic) bond motifs is 7. The maximum Gasteiger partial charge on any atom is 0.203 e. The SMILES string of the molecule is COc1cc2c(c(OC)c1OC)-c1c(cc(O)c(OC)c1OC)[C@H]1O[C@@H]2[C@H](C)[C@@H]1C. The van der Waals surface area contributed by atoms with Gasteiger partial charge in [-0.3, -0.25) is 0 Å². The smallest absolute Gasteiger partial charge is 0.203 e. The fraction of sp³-hybridized carbons (Fsp3) is 0.478. The molecule has 2 aromatic rings. The van der Waals surface area contributed by atoms with Gasteiger partial charge in [-0.25, -0.2) is 0 Å². The maximum atomic E-state index is 10.7. The van der Waals surface area contributed by atoms with Crippen LogP contribution in [0.25, 0.3) is 11.1 Å². The lowest BCUT2D eigenvalue weighted by Crippen LogP contribution is -2.15. The zero-order valence-electron chi connectivity index (χ0n) is 18.4. The average Bonchev–Trinajstić information content (AvgIpc) is 2.97. The molecule has 1 fully saturated rings. The average molecular weight is 416 g/mol. The van der Waals surface area contributed by atoms with E-state index < -0.39 is 0 Å². The Bertz CT molecular complexity index is 984. The Kier molecular flexibility index (Phi) is 5.10. The highest BCUT2D eigenvalue weighted by Gasteiger charge is 2.48. The van der Waals surface area contributed by atoms with E-state index in [0.717, 1.165) is 22.3 Å². The van der Waals surface area contributed by atoms with E-state index in [4.69, 9.17) is 28.4 Å². The molecule has 4 rings (SSSR count). The van der Waals surface area contributed by atoms with Crippen molar-refractivity contribution in [2.45, 2.75) is 26.1 Å². The van der Waals surface area contributed by atoms with Gasteiger partial charge in [0.25, 0.3) is 0 Å². The highest BCUT2D eigenvalue weighted by atomic mass is 16.5. The van der Waals surface area contributed by atoms with Crippen molar-refractivity contribution >= 4 is 0 Å². The van der Waals surface area contributed by atoms with Crippen LogP contribution in [0.5, 0.6) is 34.5 Å². The third-order valence-corrected chi connectivity index (χ3v) is 6.46. The molecule has 2 bridgehead atoms. The third-order valence-electron chi connectivity index (χ3n) is 6.46. The van der Waals surface area contributed by atoms with Crippen molar-refractivity contribution < 1.29 is 33.5 Å². The number of methoxy groups -OCH3 is 5. The first kappa shape index (κ1) is 20.5. The Morgan fingerprint density at radius 2 is 1.13 bits per heavy atom. The molecule has 4 atom stereocenters. The van der Waals surface area contributed by atoms with Gasteiger partial charge in [-0.2, -0.15) is 0 Å². The van der Waals surface area contributed by atoms with Crippen molar-refractivity contribution in [3.63, 3.8) is 0 Å². The van der Waals surface area contributed by atoms with Crippen LogP contribution in [0, 0.1) is 11.8 Å². The van der Waals surface area contributed by atoms with Crippen molar-refractivity contribution in [1.82, 2.24) is 0 Å². The van der Waals surface area contributed by atoms with Gasteiger partial charge in [-0.1, -0.05) is 13.8 Å². The predicted octanol–water partition coefficient (Wildman–Crippen LogP) is 4.50. The molecule has 1 N–H and O–H groups in total. The van der Waals surface area contributed by atoms with Gasteiger partial charge in [0.05, 0.1) is 47.8 Å². The minimum atomic E-state index is -0.222. The second-order valence-corrected chi connectivity index (χ2v) is 7.73. The van der Waals surface area contributed by atoms with Crippen LogP contribution in [-0.4, -0.2) is 40.7 Å². The molecule has 162 valence electrons. The lowest BCUT2D eigenvalue weighted by atomic mass is 9.77. The molecule has 2 aliphatic rings. The fourth-order valence-corrected chi connectivity index (χ4v) is 4.85. The van der Waals surface area contributed by atoms with Gasteiger partial charge in [0.2, 0.25) is 11.5 Å². The monoisotopic (exact) mass is 416 g/mol. The quantitative estimate of drug-likeness (QED) is 0.769. The van der Waals surface area contributed by atoms with E-state index in [2.05, 4.69) is 13.8 Å². The van der Waals surface area contributed by atoms with Crippen molar-refractivity contribution in [3.05, 3.63) is 23.3 Å². The Hall–Kier alpha value is -2.80. The summed E-state index contributed by atoms with van der Waals surface area (Å²) in [5, 5.41) is 10.7. The maximum absolute atomic E-state index is 10.7.